The molecule has 1 aromatic heterocycles. The quantitative estimate of drug-likeness (QED) is 0.870. The summed E-state index contributed by atoms with van der Waals surface area (Å²) < 4.78 is 28.7. The van der Waals surface area contributed by atoms with Crippen LogP contribution in [0.25, 0.3) is 0 Å². The molecule has 1 fully saturated rings. The van der Waals surface area contributed by atoms with Gasteiger partial charge in [-0.2, -0.15) is 0 Å². The molecule has 0 spiro atoms. The SMILES string of the molecule is CCCN1CCC(NS(=O)(=O)c2ncn(C)c2Cl)CC1.Cl. The molecule has 1 aromatic rings. The van der Waals surface area contributed by atoms with E-state index >= 15 is 0 Å². The minimum absolute atomic E-state index is 0. The third-order valence-corrected chi connectivity index (χ3v) is 5.55. The van der Waals surface area contributed by atoms with E-state index in [9.17, 15) is 8.42 Å². The van der Waals surface area contributed by atoms with Gasteiger partial charge >= 0.3 is 0 Å². The Morgan fingerprint density at radius 1 is 1.43 bits per heavy atom. The highest BCUT2D eigenvalue weighted by molar-refractivity contribution is 7.89. The Balaban J connectivity index is 0.00000220. The molecule has 1 aliphatic heterocycles. The number of imidazole rings is 1. The summed E-state index contributed by atoms with van der Waals surface area (Å²) in [6.45, 7) is 5.08. The molecule has 1 saturated heterocycles. The molecule has 21 heavy (non-hydrogen) atoms. The Morgan fingerprint density at radius 3 is 2.52 bits per heavy atom. The molecule has 0 aliphatic carbocycles. The topological polar surface area (TPSA) is 67.2 Å². The van der Waals surface area contributed by atoms with Gasteiger partial charge in [0.25, 0.3) is 10.0 Å². The molecule has 122 valence electrons. The Morgan fingerprint density at radius 2 is 2.05 bits per heavy atom. The van der Waals surface area contributed by atoms with Crippen LogP contribution >= 0.6 is 24.0 Å². The predicted octanol–water partition coefficient (Wildman–Crippen LogP) is 1.65. The normalized spacial score (nSPS) is 17.7. The molecule has 0 saturated carbocycles. The summed E-state index contributed by atoms with van der Waals surface area (Å²) in [4.78, 5) is 6.23. The van der Waals surface area contributed by atoms with Crippen LogP contribution in [0.4, 0.5) is 0 Å². The van der Waals surface area contributed by atoms with Crippen LogP contribution in [0.15, 0.2) is 11.4 Å². The summed E-state index contributed by atoms with van der Waals surface area (Å²) in [6, 6.07) is -0.0359. The number of nitrogens with one attached hydrogen (secondary N) is 1. The molecule has 1 N–H and O–H groups in total. The van der Waals surface area contributed by atoms with E-state index < -0.39 is 10.0 Å². The first kappa shape index (κ1) is 18.7. The second-order valence-electron chi connectivity index (χ2n) is 5.19. The van der Waals surface area contributed by atoms with Crippen molar-refractivity contribution in [3.05, 3.63) is 11.5 Å². The van der Waals surface area contributed by atoms with Crippen LogP contribution in [0, 0.1) is 0 Å². The summed E-state index contributed by atoms with van der Waals surface area (Å²) >= 11 is 5.95. The molecule has 2 rings (SSSR count). The van der Waals surface area contributed by atoms with Crippen LogP contribution in [-0.4, -0.2) is 48.5 Å². The zero-order valence-corrected chi connectivity index (χ0v) is 14.6. The van der Waals surface area contributed by atoms with E-state index in [4.69, 9.17) is 11.6 Å². The van der Waals surface area contributed by atoms with Gasteiger partial charge in [-0.1, -0.05) is 18.5 Å². The number of halogens is 2. The van der Waals surface area contributed by atoms with Crippen molar-refractivity contribution >= 4 is 34.0 Å². The number of sulfonamides is 1. The lowest BCUT2D eigenvalue weighted by atomic mass is 10.1. The molecule has 6 nitrogen and oxygen atoms in total. The Hall–Kier alpha value is -0.340. The first-order valence-electron chi connectivity index (χ1n) is 6.85. The third-order valence-electron chi connectivity index (χ3n) is 3.54. The van der Waals surface area contributed by atoms with Crippen molar-refractivity contribution < 1.29 is 8.42 Å². The van der Waals surface area contributed by atoms with Gasteiger partial charge in [-0.05, 0) is 38.9 Å². The van der Waals surface area contributed by atoms with E-state index in [1.807, 2.05) is 0 Å². The van der Waals surface area contributed by atoms with Crippen LogP contribution in [-0.2, 0) is 17.1 Å². The summed E-state index contributed by atoms with van der Waals surface area (Å²) in [6.07, 6.45) is 4.17. The highest BCUT2D eigenvalue weighted by Gasteiger charge is 2.27. The molecule has 0 amide bonds. The molecule has 1 aliphatic rings. The largest absolute Gasteiger partial charge is 0.324 e. The lowest BCUT2D eigenvalue weighted by molar-refractivity contribution is 0.208. The minimum atomic E-state index is -3.63. The zero-order valence-electron chi connectivity index (χ0n) is 12.2. The van der Waals surface area contributed by atoms with E-state index in [0.717, 1.165) is 38.9 Å². The second-order valence-corrected chi connectivity index (χ2v) is 7.18. The maximum absolute atomic E-state index is 12.3. The first-order valence-corrected chi connectivity index (χ1v) is 8.71. The summed E-state index contributed by atoms with van der Waals surface area (Å²) in [5.41, 5.74) is 0. The van der Waals surface area contributed by atoms with Crippen molar-refractivity contribution in [1.82, 2.24) is 19.2 Å². The zero-order chi connectivity index (χ0) is 14.8. The molecule has 0 aromatic carbocycles. The summed E-state index contributed by atoms with van der Waals surface area (Å²) in [5.74, 6) is 0. The lowest BCUT2D eigenvalue weighted by Crippen LogP contribution is -2.44. The minimum Gasteiger partial charge on any atom is -0.324 e. The molecule has 0 atom stereocenters. The van der Waals surface area contributed by atoms with Gasteiger partial charge in [-0.15, -0.1) is 12.4 Å². The molecular formula is C12H22Cl2N4O2S. The van der Waals surface area contributed by atoms with Gasteiger partial charge in [-0.25, -0.2) is 18.1 Å². The van der Waals surface area contributed by atoms with Crippen LogP contribution in [0.5, 0.6) is 0 Å². The van der Waals surface area contributed by atoms with Gasteiger partial charge in [0.15, 0.2) is 0 Å². The number of hydrogen-bond donors (Lipinski definition) is 1. The van der Waals surface area contributed by atoms with Gasteiger partial charge in [0, 0.05) is 13.1 Å². The number of aryl methyl sites for hydroxylation is 1. The van der Waals surface area contributed by atoms with Crippen LogP contribution < -0.4 is 4.72 Å². The van der Waals surface area contributed by atoms with Gasteiger partial charge in [0.1, 0.15) is 5.15 Å². The van der Waals surface area contributed by atoms with E-state index in [2.05, 4.69) is 21.5 Å². The first-order chi connectivity index (χ1) is 9.44. The van der Waals surface area contributed by atoms with Gasteiger partial charge in [0.05, 0.1) is 6.33 Å². The van der Waals surface area contributed by atoms with Crippen molar-refractivity contribution in [1.29, 1.82) is 0 Å². The molecular weight excluding hydrogens is 335 g/mol. The fraction of sp³-hybridized carbons (Fsp3) is 0.750. The lowest BCUT2D eigenvalue weighted by Gasteiger charge is -2.31. The fourth-order valence-corrected chi connectivity index (χ4v) is 4.17. The molecule has 0 radical (unpaired) electrons. The Kier molecular flexibility index (Phi) is 6.93. The third kappa shape index (κ3) is 4.56. The van der Waals surface area contributed by atoms with Crippen LogP contribution in [0.2, 0.25) is 5.15 Å². The summed E-state index contributed by atoms with van der Waals surface area (Å²) in [5, 5.41) is 0.0542. The van der Waals surface area contributed by atoms with Crippen molar-refractivity contribution in [3.8, 4) is 0 Å². The number of aromatic nitrogens is 2. The number of nitrogens with zero attached hydrogens (tertiary/aromatic N) is 3. The van der Waals surface area contributed by atoms with Crippen molar-refractivity contribution in [2.45, 2.75) is 37.3 Å². The monoisotopic (exact) mass is 356 g/mol. The van der Waals surface area contributed by atoms with Gasteiger partial charge < -0.3 is 9.47 Å². The molecule has 2 heterocycles. The van der Waals surface area contributed by atoms with E-state index in [-0.39, 0.29) is 28.6 Å². The number of piperidine rings is 1. The fourth-order valence-electron chi connectivity index (χ4n) is 2.44. The smallest absolute Gasteiger partial charge is 0.261 e. The average molecular weight is 357 g/mol. The maximum atomic E-state index is 12.3. The van der Waals surface area contributed by atoms with E-state index in [0.29, 0.717) is 0 Å². The van der Waals surface area contributed by atoms with Crippen molar-refractivity contribution in [2.24, 2.45) is 7.05 Å². The second kappa shape index (κ2) is 7.78. The number of rotatable bonds is 5. The highest BCUT2D eigenvalue weighted by Crippen LogP contribution is 2.20. The molecule has 0 unspecified atom stereocenters. The Labute approximate surface area is 137 Å². The number of hydrogen-bond acceptors (Lipinski definition) is 4. The van der Waals surface area contributed by atoms with E-state index in [1.54, 1.807) is 7.05 Å². The highest BCUT2D eigenvalue weighted by atomic mass is 35.5. The Bertz CT molecular complexity index is 554. The standard InChI is InChI=1S/C12H21ClN4O2S.ClH/c1-3-6-17-7-4-10(5-8-17)15-20(18,19)12-11(13)16(2)9-14-12;/h9-10,15H,3-8H2,1-2H3;1H. The average Bonchev–Trinajstić information content (AvgIpc) is 2.73. The number of likely N-dealkylation sites (tertiary alicyclic amines) is 1. The molecule has 9 heteroatoms. The van der Waals surface area contributed by atoms with E-state index in [1.165, 1.54) is 10.9 Å². The predicted molar refractivity (Wildman–Crippen MR) is 85.5 cm³/mol. The van der Waals surface area contributed by atoms with Crippen molar-refractivity contribution in [2.75, 3.05) is 19.6 Å². The molecule has 0 bridgehead atoms. The maximum Gasteiger partial charge on any atom is 0.261 e. The van der Waals surface area contributed by atoms with Crippen molar-refractivity contribution in [3.63, 3.8) is 0 Å². The van der Waals surface area contributed by atoms with Crippen LogP contribution in [0.3, 0.4) is 0 Å². The summed E-state index contributed by atoms with van der Waals surface area (Å²) in [7, 11) is -1.97. The van der Waals surface area contributed by atoms with Gasteiger partial charge in [-0.3, -0.25) is 0 Å². The van der Waals surface area contributed by atoms with Crippen LogP contribution in [0.1, 0.15) is 26.2 Å². The van der Waals surface area contributed by atoms with Gasteiger partial charge in [0.2, 0.25) is 5.03 Å².